The number of carbonyl (C=O) groups excluding carboxylic acids is 1. The van der Waals surface area contributed by atoms with E-state index in [0.717, 1.165) is 0 Å². The Morgan fingerprint density at radius 2 is 2.04 bits per heavy atom. The average molecular weight is 365 g/mol. The number of nitrogens with one attached hydrogen (secondary N) is 1. The van der Waals surface area contributed by atoms with E-state index in [1.54, 1.807) is 37.3 Å². The van der Waals surface area contributed by atoms with Crippen molar-refractivity contribution in [3.8, 4) is 11.3 Å². The molecule has 3 rings (SSSR count). The Morgan fingerprint density at radius 3 is 2.72 bits per heavy atom. The molecule has 1 saturated heterocycles. The van der Waals surface area contributed by atoms with Crippen molar-refractivity contribution in [2.75, 3.05) is 11.5 Å². The molecule has 2 heterocycles. The number of furan rings is 1. The summed E-state index contributed by atoms with van der Waals surface area (Å²) in [5, 5.41) is 2.81. The molecular weight excluding hydrogens is 345 g/mol. The van der Waals surface area contributed by atoms with Crippen LogP contribution in [0.4, 0.5) is 4.39 Å². The van der Waals surface area contributed by atoms with Gasteiger partial charge in [-0.15, -0.1) is 0 Å². The zero-order chi connectivity index (χ0) is 18.1. The van der Waals surface area contributed by atoms with Gasteiger partial charge in [0, 0.05) is 12.8 Å². The van der Waals surface area contributed by atoms with E-state index in [0.29, 0.717) is 29.9 Å². The average Bonchev–Trinajstić information content (AvgIpc) is 3.10. The van der Waals surface area contributed by atoms with E-state index in [2.05, 4.69) is 5.32 Å². The highest BCUT2D eigenvalue weighted by atomic mass is 32.2. The molecule has 25 heavy (non-hydrogen) atoms. The lowest BCUT2D eigenvalue weighted by Crippen LogP contribution is -2.46. The largest absolute Gasteiger partial charge is 0.461 e. The highest BCUT2D eigenvalue weighted by Crippen LogP contribution is 2.26. The van der Waals surface area contributed by atoms with Gasteiger partial charge in [-0.1, -0.05) is 12.1 Å². The van der Waals surface area contributed by atoms with E-state index in [9.17, 15) is 17.6 Å². The van der Waals surface area contributed by atoms with Crippen molar-refractivity contribution in [3.05, 3.63) is 48.0 Å². The molecule has 0 spiro atoms. The Kier molecular flexibility index (Phi) is 4.69. The van der Waals surface area contributed by atoms with Crippen LogP contribution in [0.1, 0.15) is 25.5 Å². The summed E-state index contributed by atoms with van der Waals surface area (Å²) >= 11 is 0. The van der Waals surface area contributed by atoms with Gasteiger partial charge in [-0.25, -0.2) is 12.8 Å². The van der Waals surface area contributed by atoms with Gasteiger partial charge >= 0.3 is 0 Å². The molecule has 1 N–H and O–H groups in total. The third-order valence-corrected chi connectivity index (χ3v) is 6.25. The predicted octanol–water partition coefficient (Wildman–Crippen LogP) is 2.71. The van der Waals surface area contributed by atoms with Crippen LogP contribution in [0, 0.1) is 5.82 Å². The van der Waals surface area contributed by atoms with Crippen LogP contribution in [0.15, 0.2) is 40.8 Å². The lowest BCUT2D eigenvalue weighted by atomic mass is 10.0. The minimum atomic E-state index is -3.07. The van der Waals surface area contributed by atoms with Crippen LogP contribution in [0.3, 0.4) is 0 Å². The van der Waals surface area contributed by atoms with Crippen LogP contribution in [0.25, 0.3) is 11.3 Å². The van der Waals surface area contributed by atoms with E-state index < -0.39 is 15.4 Å². The molecule has 0 aliphatic carbocycles. The fraction of sp³-hybridized carbons (Fsp3) is 0.389. The van der Waals surface area contributed by atoms with Crippen LogP contribution in [0.2, 0.25) is 0 Å². The highest BCUT2D eigenvalue weighted by molar-refractivity contribution is 7.91. The third kappa shape index (κ3) is 4.28. The molecule has 1 aliphatic heterocycles. The second-order valence-corrected chi connectivity index (χ2v) is 8.88. The SMILES string of the molecule is C[C@@]1(NC(=O)CCc2ccc(-c3ccccc3F)o2)CCS(=O)(=O)C1. The maximum atomic E-state index is 13.8. The Balaban J connectivity index is 1.58. The Hall–Kier alpha value is -2.15. The van der Waals surface area contributed by atoms with Crippen LogP contribution >= 0.6 is 0 Å². The van der Waals surface area contributed by atoms with Crippen molar-refractivity contribution in [2.45, 2.75) is 31.7 Å². The van der Waals surface area contributed by atoms with Gasteiger partial charge in [-0.3, -0.25) is 4.79 Å². The first kappa shape index (κ1) is 17.7. The molecule has 1 aromatic heterocycles. The van der Waals surface area contributed by atoms with Crippen LogP contribution in [-0.4, -0.2) is 31.4 Å². The third-order valence-electron chi connectivity index (χ3n) is 4.34. The lowest BCUT2D eigenvalue weighted by Gasteiger charge is -2.23. The van der Waals surface area contributed by atoms with Gasteiger partial charge in [-0.2, -0.15) is 0 Å². The molecule has 0 bridgehead atoms. The van der Waals surface area contributed by atoms with Crippen molar-refractivity contribution in [2.24, 2.45) is 0 Å². The van der Waals surface area contributed by atoms with E-state index in [1.807, 2.05) is 0 Å². The number of carbonyl (C=O) groups is 1. The van der Waals surface area contributed by atoms with Gasteiger partial charge in [0.2, 0.25) is 5.91 Å². The van der Waals surface area contributed by atoms with E-state index >= 15 is 0 Å². The molecule has 1 amide bonds. The van der Waals surface area contributed by atoms with Crippen LogP contribution < -0.4 is 5.32 Å². The van der Waals surface area contributed by atoms with Gasteiger partial charge in [-0.05, 0) is 37.6 Å². The molecular formula is C18H20FNO4S. The molecule has 1 atom stereocenters. The summed E-state index contributed by atoms with van der Waals surface area (Å²) in [5.74, 6) is 0.498. The number of sulfone groups is 1. The fourth-order valence-corrected chi connectivity index (χ4v) is 5.16. The summed E-state index contributed by atoms with van der Waals surface area (Å²) in [7, 11) is -3.07. The molecule has 0 saturated carbocycles. The maximum absolute atomic E-state index is 13.8. The summed E-state index contributed by atoms with van der Waals surface area (Å²) in [5.41, 5.74) is -0.320. The topological polar surface area (TPSA) is 76.4 Å². The minimum Gasteiger partial charge on any atom is -0.461 e. The second kappa shape index (κ2) is 6.63. The van der Waals surface area contributed by atoms with Gasteiger partial charge in [0.1, 0.15) is 17.3 Å². The second-order valence-electron chi connectivity index (χ2n) is 6.70. The molecule has 2 aromatic rings. The van der Waals surface area contributed by atoms with E-state index in [1.165, 1.54) is 6.07 Å². The van der Waals surface area contributed by atoms with Gasteiger partial charge in [0.05, 0.1) is 22.6 Å². The minimum absolute atomic E-state index is 0.0239. The van der Waals surface area contributed by atoms with Crippen molar-refractivity contribution < 1.29 is 22.0 Å². The first-order valence-corrected chi connectivity index (χ1v) is 9.94. The normalized spacial score (nSPS) is 22.0. The molecule has 0 radical (unpaired) electrons. The van der Waals surface area contributed by atoms with Crippen molar-refractivity contribution in [1.82, 2.24) is 5.32 Å². The number of hydrogen-bond acceptors (Lipinski definition) is 4. The van der Waals surface area contributed by atoms with Gasteiger partial charge < -0.3 is 9.73 Å². The lowest BCUT2D eigenvalue weighted by molar-refractivity contribution is -0.122. The molecule has 0 unspecified atom stereocenters. The summed E-state index contributed by atoms with van der Waals surface area (Å²) in [6.07, 6.45) is 0.974. The van der Waals surface area contributed by atoms with Crippen molar-refractivity contribution in [1.29, 1.82) is 0 Å². The van der Waals surface area contributed by atoms with Crippen molar-refractivity contribution >= 4 is 15.7 Å². The number of rotatable bonds is 5. The molecule has 134 valence electrons. The first-order chi connectivity index (χ1) is 11.8. The molecule has 5 nitrogen and oxygen atoms in total. The number of hydrogen-bond donors (Lipinski definition) is 1. The van der Waals surface area contributed by atoms with Crippen LogP contribution in [0.5, 0.6) is 0 Å². The molecule has 1 aromatic carbocycles. The molecule has 1 aliphatic rings. The maximum Gasteiger partial charge on any atom is 0.220 e. The quantitative estimate of drug-likeness (QED) is 0.884. The number of amides is 1. The number of halogens is 1. The zero-order valence-electron chi connectivity index (χ0n) is 13.9. The Morgan fingerprint density at radius 1 is 1.28 bits per heavy atom. The predicted molar refractivity (Wildman–Crippen MR) is 92.2 cm³/mol. The molecule has 1 fully saturated rings. The van der Waals surface area contributed by atoms with Crippen LogP contribution in [-0.2, 0) is 21.1 Å². The van der Waals surface area contributed by atoms with Gasteiger partial charge in [0.25, 0.3) is 0 Å². The zero-order valence-corrected chi connectivity index (χ0v) is 14.7. The standard InChI is InChI=1S/C18H20FNO4S/c1-18(10-11-25(22,23)12-18)20-17(21)9-7-13-6-8-16(24-13)14-4-2-3-5-15(14)19/h2-6,8H,7,9-12H2,1H3,(H,20,21)/t18-/m1/s1. The van der Waals surface area contributed by atoms with E-state index in [4.69, 9.17) is 4.42 Å². The first-order valence-electron chi connectivity index (χ1n) is 8.11. The number of aryl methyl sites for hydroxylation is 1. The number of benzene rings is 1. The highest BCUT2D eigenvalue weighted by Gasteiger charge is 2.39. The fourth-order valence-electron chi connectivity index (χ4n) is 3.06. The smallest absolute Gasteiger partial charge is 0.220 e. The van der Waals surface area contributed by atoms with E-state index in [-0.39, 0.29) is 29.7 Å². The monoisotopic (exact) mass is 365 g/mol. The summed E-state index contributed by atoms with van der Waals surface area (Å²) in [6, 6.07) is 9.72. The summed E-state index contributed by atoms with van der Waals surface area (Å²) in [6.45, 7) is 1.75. The van der Waals surface area contributed by atoms with Gasteiger partial charge in [0.15, 0.2) is 9.84 Å². The Bertz CT molecular complexity index is 890. The van der Waals surface area contributed by atoms with Crippen molar-refractivity contribution in [3.63, 3.8) is 0 Å². The summed E-state index contributed by atoms with van der Waals surface area (Å²) < 4.78 is 42.5. The molecule has 7 heteroatoms. The summed E-state index contributed by atoms with van der Waals surface area (Å²) in [4.78, 5) is 12.1. The Labute approximate surface area is 146 Å².